The van der Waals surface area contributed by atoms with Crippen molar-refractivity contribution in [2.45, 2.75) is 49.6 Å². The first-order valence-electron chi connectivity index (χ1n) is 5.45. The summed E-state index contributed by atoms with van der Waals surface area (Å²) in [7, 11) is -5.39. The first kappa shape index (κ1) is 21.2. The van der Waals surface area contributed by atoms with E-state index in [9.17, 15) is 8.42 Å². The third-order valence-electron chi connectivity index (χ3n) is 1.77. The summed E-state index contributed by atoms with van der Waals surface area (Å²) in [6.45, 7) is -1.37. The van der Waals surface area contributed by atoms with Crippen molar-refractivity contribution < 1.29 is 32.2 Å². The normalized spacial score (nSPS) is 11.4. The number of phosphoric acid groups is 1. The van der Waals surface area contributed by atoms with Crippen LogP contribution in [0.2, 0.25) is 4.13 Å². The second kappa shape index (κ2) is 11.7. The molecule has 0 atom stereocenters. The topological polar surface area (TPSA) is 141 Å². The minimum absolute atomic E-state index is 0.769. The Balaban J connectivity index is 0. The Morgan fingerprint density at radius 1 is 1.06 bits per heavy atom. The summed E-state index contributed by atoms with van der Waals surface area (Å²) in [5.74, 6) is 0. The maximum Gasteiger partial charge on any atom is -0.159 e. The van der Waals surface area contributed by atoms with Gasteiger partial charge in [0.25, 0.3) is 0 Å². The molecule has 0 fully saturated rings. The van der Waals surface area contributed by atoms with Crippen molar-refractivity contribution in [3.63, 3.8) is 0 Å². The minimum atomic E-state index is -5.39. The van der Waals surface area contributed by atoms with Crippen LogP contribution in [0.4, 0.5) is 0 Å². The molecule has 0 saturated carbocycles. The van der Waals surface area contributed by atoms with Gasteiger partial charge in [-0.05, 0) is 0 Å². The van der Waals surface area contributed by atoms with E-state index in [2.05, 4.69) is 6.92 Å². The average molecular weight is 498 g/mol. The molecule has 0 aliphatic rings. The number of unbranched alkanes of at least 4 members (excludes halogenated alkanes) is 5. The van der Waals surface area contributed by atoms with Crippen molar-refractivity contribution in [3.8, 4) is 0 Å². The molecule has 7 nitrogen and oxygen atoms in total. The molecule has 1 N–H and O–H groups in total. The first-order valence-corrected chi connectivity index (χ1v) is 15.0. The van der Waals surface area contributed by atoms with Gasteiger partial charge in [-0.25, -0.2) is 0 Å². The van der Waals surface area contributed by atoms with Crippen LogP contribution in [0.1, 0.15) is 45.4 Å². The average Bonchev–Trinajstić information content (AvgIpc) is 2.12. The molecule has 0 unspecified atom stereocenters. The van der Waals surface area contributed by atoms with E-state index in [0.717, 1.165) is 17.0 Å². The summed E-state index contributed by atoms with van der Waals surface area (Å²) < 4.78 is 38.6. The van der Waals surface area contributed by atoms with Gasteiger partial charge >= 0.3 is 91.2 Å². The molecule has 0 bridgehead atoms. The number of rotatable bonds is 8. The van der Waals surface area contributed by atoms with E-state index in [4.69, 9.17) is 23.8 Å². The van der Waals surface area contributed by atoms with Crippen LogP contribution in [-0.4, -0.2) is 34.7 Å². The summed E-state index contributed by atoms with van der Waals surface area (Å²) in [5.41, 5.74) is 0. The van der Waals surface area contributed by atoms with E-state index in [1.807, 2.05) is 0 Å². The third-order valence-corrected chi connectivity index (χ3v) is 9.44. The molecular formula is C8H18BiO7PS. The van der Waals surface area contributed by atoms with Crippen LogP contribution in [0.15, 0.2) is 0 Å². The fraction of sp³-hybridized carbons (Fsp3) is 1.00. The molecule has 0 aromatic rings. The molecule has 0 aromatic heterocycles. The Kier molecular flexibility index (Phi) is 13.8. The van der Waals surface area contributed by atoms with Crippen molar-refractivity contribution in [1.29, 1.82) is 0 Å². The van der Waals surface area contributed by atoms with Gasteiger partial charge in [0.05, 0.1) is 0 Å². The zero-order valence-electron chi connectivity index (χ0n) is 10.1. The molecule has 0 aliphatic carbocycles. The Hall–Kier alpha value is 0.903. The van der Waals surface area contributed by atoms with Crippen molar-refractivity contribution in [2.75, 3.05) is 0 Å². The van der Waals surface area contributed by atoms with Gasteiger partial charge < -0.3 is 19.2 Å². The van der Waals surface area contributed by atoms with Gasteiger partial charge in [-0.3, -0.25) is 0 Å². The molecule has 0 rings (SSSR count). The van der Waals surface area contributed by atoms with Crippen molar-refractivity contribution in [1.82, 2.24) is 0 Å². The van der Waals surface area contributed by atoms with E-state index in [0.29, 0.717) is 0 Å². The molecule has 10 heteroatoms. The van der Waals surface area contributed by atoms with Crippen LogP contribution >= 0.6 is 7.82 Å². The van der Waals surface area contributed by atoms with Gasteiger partial charge in [-0.15, -0.1) is 0 Å². The summed E-state index contributed by atoms with van der Waals surface area (Å²) >= 11 is -1.62. The van der Waals surface area contributed by atoms with E-state index in [1.165, 1.54) is 25.7 Å². The van der Waals surface area contributed by atoms with Crippen LogP contribution < -0.4 is 14.7 Å². The molecule has 0 saturated heterocycles. The van der Waals surface area contributed by atoms with Crippen molar-refractivity contribution in [2.24, 2.45) is 0 Å². The summed E-state index contributed by atoms with van der Waals surface area (Å²) in [4.78, 5) is 25.6. The predicted octanol–water partition coefficient (Wildman–Crippen LogP) is -0.552. The number of hydrogen-bond donors (Lipinski definition) is 1. The summed E-state index contributed by atoms with van der Waals surface area (Å²) in [6, 6.07) is 0. The maximum atomic E-state index is 10.4. The molecule has 0 heterocycles. The monoisotopic (exact) mass is 498 g/mol. The zero-order chi connectivity index (χ0) is 14.7. The fourth-order valence-corrected chi connectivity index (χ4v) is 6.50. The van der Waals surface area contributed by atoms with Gasteiger partial charge in [-0.1, -0.05) is 0 Å². The molecule has 0 aromatic carbocycles. The van der Waals surface area contributed by atoms with Gasteiger partial charge in [0.2, 0.25) is 0 Å². The SMILES string of the molecule is CCCCCCC[CH2][Bi+3][S](=O)(=O)O.O=P([O-])([O-])[O-]. The van der Waals surface area contributed by atoms with E-state index < -0.39 is 36.5 Å². The van der Waals surface area contributed by atoms with Crippen LogP contribution in [0.3, 0.4) is 0 Å². The van der Waals surface area contributed by atoms with Gasteiger partial charge in [0.1, 0.15) is 0 Å². The molecular weight excluding hydrogens is 480 g/mol. The Morgan fingerprint density at radius 3 is 1.83 bits per heavy atom. The fourth-order valence-electron chi connectivity index (χ4n) is 1.07. The smallest absolute Gasteiger partial charge is 0.159 e. The molecule has 18 heavy (non-hydrogen) atoms. The van der Waals surface area contributed by atoms with Gasteiger partial charge in [0, 0.05) is 0 Å². The second-order valence-electron chi connectivity index (χ2n) is 3.52. The summed E-state index contributed by atoms with van der Waals surface area (Å²) in [5, 5.41) is 0. The molecule has 0 spiro atoms. The predicted molar refractivity (Wildman–Crippen MR) is 63.1 cm³/mol. The zero-order valence-corrected chi connectivity index (χ0v) is 15.3. The maximum absolute atomic E-state index is 10.4. The Morgan fingerprint density at radius 2 is 1.44 bits per heavy atom. The Bertz CT molecular complexity index is 318. The molecule has 108 valence electrons. The van der Waals surface area contributed by atoms with E-state index in [1.54, 1.807) is 0 Å². The number of hydrogen-bond acceptors (Lipinski definition) is 6. The minimum Gasteiger partial charge on any atom is -0.822 e. The quantitative estimate of drug-likeness (QED) is 0.205. The largest absolute Gasteiger partial charge is 0.822 e. The van der Waals surface area contributed by atoms with Gasteiger partial charge in [0.15, 0.2) is 0 Å². The van der Waals surface area contributed by atoms with Gasteiger partial charge in [-0.2, -0.15) is 7.82 Å². The molecule has 0 aliphatic heterocycles. The van der Waals surface area contributed by atoms with Crippen molar-refractivity contribution >= 4 is 36.5 Å². The van der Waals surface area contributed by atoms with Crippen LogP contribution in [0, 0.1) is 0 Å². The summed E-state index contributed by atoms with van der Waals surface area (Å²) in [6.07, 6.45) is 7.09. The van der Waals surface area contributed by atoms with Crippen LogP contribution in [-0.2, 0) is 11.4 Å². The van der Waals surface area contributed by atoms with E-state index >= 15 is 0 Å². The van der Waals surface area contributed by atoms with Crippen molar-refractivity contribution in [3.05, 3.63) is 0 Å². The first-order chi connectivity index (χ1) is 8.06. The third kappa shape index (κ3) is 36.0. The van der Waals surface area contributed by atoms with E-state index in [-0.39, 0.29) is 0 Å². The second-order valence-corrected chi connectivity index (χ2v) is 15.7. The Labute approximate surface area is 118 Å². The molecule has 0 radical (unpaired) electrons. The standard InChI is InChI=1S/C8H17.Bi.H3O4P.HO3S/c1-3-5-7-8-6-4-2;;1-5(2,3)4;1-4(2)3/h1,3-8H2,2H3;;(H3,1,2,3,4);(H,1,2,3)/q;+3;;/p-3. The molecule has 0 amide bonds. The van der Waals surface area contributed by atoms with Crippen LogP contribution in [0.5, 0.6) is 0 Å². The van der Waals surface area contributed by atoms with Crippen LogP contribution in [0.25, 0.3) is 0 Å².